The van der Waals surface area contributed by atoms with Crippen molar-refractivity contribution in [3.8, 4) is 0 Å². The van der Waals surface area contributed by atoms with E-state index in [2.05, 4.69) is 22.2 Å². The van der Waals surface area contributed by atoms with Gasteiger partial charge in [-0.3, -0.25) is 14.9 Å². The molecule has 3 rings (SSSR count). The van der Waals surface area contributed by atoms with E-state index in [9.17, 15) is 14.4 Å². The number of carbonyl (C=O) groups excluding carboxylic acids is 3. The summed E-state index contributed by atoms with van der Waals surface area (Å²) in [7, 11) is 2.04. The van der Waals surface area contributed by atoms with Crippen LogP contribution in [-0.4, -0.2) is 61.0 Å². The highest BCUT2D eigenvalue weighted by molar-refractivity contribution is 6.28. The Hall–Kier alpha value is -2.71. The van der Waals surface area contributed by atoms with Gasteiger partial charge in [-0.2, -0.15) is 0 Å². The first kappa shape index (κ1) is 18.1. The Morgan fingerprint density at radius 2 is 1.81 bits per heavy atom. The van der Waals surface area contributed by atoms with Crippen molar-refractivity contribution in [3.05, 3.63) is 42.1 Å². The van der Waals surface area contributed by atoms with Crippen molar-refractivity contribution < 1.29 is 14.4 Å². The van der Waals surface area contributed by atoms with Gasteiger partial charge in [0.1, 0.15) is 0 Å². The Balaban J connectivity index is 1.79. The fourth-order valence-electron chi connectivity index (χ4n) is 3.11. The summed E-state index contributed by atoms with van der Waals surface area (Å²) in [5.41, 5.74) is 4.55. The van der Waals surface area contributed by atoms with Gasteiger partial charge in [0.15, 0.2) is 5.92 Å². The Labute approximate surface area is 152 Å². The van der Waals surface area contributed by atoms with E-state index in [1.165, 1.54) is 0 Å². The quantitative estimate of drug-likeness (QED) is 0.762. The zero-order valence-corrected chi connectivity index (χ0v) is 15.0. The molecule has 1 aromatic carbocycles. The standard InChI is InChI=1S/C18H23N5O3/c1-12-6-4-5-7-14(12)23-17(25)15(16(24)19-18(23)26)13(2)20-22-10-8-21(3)9-11-22/h4-7,15,20H,2,8-11H2,1,3H3,(H,19,24,26)/t15-/m0/s1. The molecular formula is C18H23N5O3. The van der Waals surface area contributed by atoms with Crippen LogP contribution in [0, 0.1) is 12.8 Å². The molecule has 0 aromatic heterocycles. The minimum Gasteiger partial charge on any atom is -0.322 e. The van der Waals surface area contributed by atoms with Gasteiger partial charge in [0.05, 0.1) is 5.69 Å². The van der Waals surface area contributed by atoms with Crippen molar-refractivity contribution >= 4 is 23.5 Å². The Morgan fingerprint density at radius 3 is 2.46 bits per heavy atom. The van der Waals surface area contributed by atoms with E-state index in [-0.39, 0.29) is 5.70 Å². The Kier molecular flexibility index (Phi) is 5.06. The molecule has 0 aliphatic carbocycles. The van der Waals surface area contributed by atoms with E-state index in [0.717, 1.165) is 36.6 Å². The highest BCUT2D eigenvalue weighted by Crippen LogP contribution is 2.26. The number of rotatable bonds is 4. The normalized spacial score (nSPS) is 22.3. The van der Waals surface area contributed by atoms with Gasteiger partial charge in [0.25, 0.3) is 5.91 Å². The SMILES string of the molecule is C=C(NN1CCN(C)CC1)[C@H]1C(=O)NC(=O)N(c2ccccc2C)C1=O. The van der Waals surface area contributed by atoms with E-state index in [1.807, 2.05) is 18.1 Å². The Bertz CT molecular complexity index is 755. The van der Waals surface area contributed by atoms with Crippen LogP contribution in [-0.2, 0) is 9.59 Å². The van der Waals surface area contributed by atoms with E-state index in [0.29, 0.717) is 5.69 Å². The van der Waals surface area contributed by atoms with E-state index >= 15 is 0 Å². The van der Waals surface area contributed by atoms with Crippen molar-refractivity contribution in [1.82, 2.24) is 20.7 Å². The average Bonchev–Trinajstić information content (AvgIpc) is 2.58. The first-order chi connectivity index (χ1) is 12.4. The first-order valence-electron chi connectivity index (χ1n) is 8.52. The van der Waals surface area contributed by atoms with Crippen molar-refractivity contribution in [2.45, 2.75) is 6.92 Å². The van der Waals surface area contributed by atoms with Gasteiger partial charge in [-0.25, -0.2) is 14.7 Å². The predicted molar refractivity (Wildman–Crippen MR) is 97.0 cm³/mol. The molecule has 0 spiro atoms. The fraction of sp³-hybridized carbons (Fsp3) is 0.389. The summed E-state index contributed by atoms with van der Waals surface area (Å²) in [5, 5.41) is 4.19. The minimum atomic E-state index is -1.16. The molecule has 8 nitrogen and oxygen atoms in total. The molecule has 26 heavy (non-hydrogen) atoms. The number of likely N-dealkylation sites (N-methyl/N-ethyl adjacent to an activating group) is 1. The minimum absolute atomic E-state index is 0.267. The monoisotopic (exact) mass is 357 g/mol. The number of para-hydroxylation sites is 1. The maximum absolute atomic E-state index is 13.0. The number of nitrogens with zero attached hydrogens (tertiary/aromatic N) is 3. The van der Waals surface area contributed by atoms with Gasteiger partial charge in [0.2, 0.25) is 5.91 Å². The van der Waals surface area contributed by atoms with Crippen LogP contribution in [0.2, 0.25) is 0 Å². The summed E-state index contributed by atoms with van der Waals surface area (Å²) in [6, 6.07) is 6.31. The van der Waals surface area contributed by atoms with Crippen LogP contribution in [0.15, 0.2) is 36.5 Å². The summed E-state index contributed by atoms with van der Waals surface area (Å²) >= 11 is 0. The third-order valence-corrected chi connectivity index (χ3v) is 4.67. The van der Waals surface area contributed by atoms with Gasteiger partial charge in [-0.05, 0) is 25.6 Å². The number of anilines is 1. The smallest absolute Gasteiger partial charge is 0.322 e. The number of barbiturate groups is 1. The zero-order valence-electron chi connectivity index (χ0n) is 15.0. The molecule has 2 heterocycles. The number of hydrogen-bond acceptors (Lipinski definition) is 6. The average molecular weight is 357 g/mol. The summed E-state index contributed by atoms with van der Waals surface area (Å²) in [5.74, 6) is -2.41. The highest BCUT2D eigenvalue weighted by Gasteiger charge is 2.43. The maximum atomic E-state index is 13.0. The molecule has 0 radical (unpaired) electrons. The van der Waals surface area contributed by atoms with E-state index in [4.69, 9.17) is 0 Å². The second kappa shape index (κ2) is 7.27. The van der Waals surface area contributed by atoms with Crippen LogP contribution in [0.5, 0.6) is 0 Å². The number of piperazine rings is 1. The van der Waals surface area contributed by atoms with Crippen molar-refractivity contribution in [2.75, 3.05) is 38.1 Å². The highest BCUT2D eigenvalue weighted by atomic mass is 16.2. The third-order valence-electron chi connectivity index (χ3n) is 4.67. The number of hydrazine groups is 1. The van der Waals surface area contributed by atoms with Crippen molar-refractivity contribution in [3.63, 3.8) is 0 Å². The fourth-order valence-corrected chi connectivity index (χ4v) is 3.11. The molecule has 4 amide bonds. The first-order valence-corrected chi connectivity index (χ1v) is 8.52. The lowest BCUT2D eigenvalue weighted by Gasteiger charge is -2.36. The number of amides is 4. The Morgan fingerprint density at radius 1 is 1.15 bits per heavy atom. The molecule has 2 aliphatic heterocycles. The molecule has 138 valence electrons. The molecule has 8 heteroatoms. The van der Waals surface area contributed by atoms with Gasteiger partial charge >= 0.3 is 6.03 Å². The van der Waals surface area contributed by atoms with Gasteiger partial charge in [-0.15, -0.1) is 0 Å². The second-order valence-electron chi connectivity index (χ2n) is 6.61. The molecule has 2 aliphatic rings. The lowest BCUT2D eigenvalue weighted by molar-refractivity contribution is -0.133. The summed E-state index contributed by atoms with van der Waals surface area (Å²) in [6.07, 6.45) is 0. The van der Waals surface area contributed by atoms with Crippen LogP contribution in [0.4, 0.5) is 10.5 Å². The molecule has 2 N–H and O–H groups in total. The topological polar surface area (TPSA) is 85.0 Å². The van der Waals surface area contributed by atoms with Gasteiger partial charge in [-0.1, -0.05) is 24.8 Å². The van der Waals surface area contributed by atoms with Crippen LogP contribution in [0.25, 0.3) is 0 Å². The van der Waals surface area contributed by atoms with Crippen LogP contribution in [0.3, 0.4) is 0 Å². The summed E-state index contributed by atoms with van der Waals surface area (Å²) in [4.78, 5) is 40.7. The number of benzene rings is 1. The number of aryl methyl sites for hydroxylation is 1. The lowest BCUT2D eigenvalue weighted by atomic mass is 10.0. The molecule has 2 saturated heterocycles. The molecular weight excluding hydrogens is 334 g/mol. The molecule has 1 atom stereocenters. The number of imide groups is 2. The third kappa shape index (κ3) is 3.47. The molecule has 2 fully saturated rings. The van der Waals surface area contributed by atoms with E-state index < -0.39 is 23.8 Å². The number of urea groups is 1. The van der Waals surface area contributed by atoms with Gasteiger partial charge in [0, 0.05) is 31.9 Å². The zero-order chi connectivity index (χ0) is 18.8. The van der Waals surface area contributed by atoms with Crippen LogP contribution in [0.1, 0.15) is 5.56 Å². The molecule has 0 bridgehead atoms. The maximum Gasteiger partial charge on any atom is 0.335 e. The second-order valence-corrected chi connectivity index (χ2v) is 6.61. The van der Waals surface area contributed by atoms with E-state index in [1.54, 1.807) is 25.1 Å². The molecule has 1 aromatic rings. The van der Waals surface area contributed by atoms with Crippen LogP contribution >= 0.6 is 0 Å². The van der Waals surface area contributed by atoms with Crippen LogP contribution < -0.4 is 15.6 Å². The van der Waals surface area contributed by atoms with Crippen molar-refractivity contribution in [1.29, 1.82) is 0 Å². The number of nitrogens with one attached hydrogen (secondary N) is 2. The summed E-state index contributed by atoms with van der Waals surface area (Å²) in [6.45, 7) is 8.93. The largest absolute Gasteiger partial charge is 0.335 e. The van der Waals surface area contributed by atoms with Gasteiger partial charge < -0.3 is 10.3 Å². The van der Waals surface area contributed by atoms with Crippen molar-refractivity contribution in [2.24, 2.45) is 5.92 Å². The lowest BCUT2D eigenvalue weighted by Crippen LogP contribution is -2.61. The molecule has 0 unspecified atom stereocenters. The number of carbonyl (C=O) groups is 3. The molecule has 0 saturated carbocycles. The number of hydrogen-bond donors (Lipinski definition) is 2. The summed E-state index contributed by atoms with van der Waals surface area (Å²) < 4.78 is 0. The predicted octanol–water partition coefficient (Wildman–Crippen LogP) is 0.460.